The smallest absolute Gasteiger partial charge is 0.348 e. The minimum Gasteiger partial charge on any atom is -0.477 e. The molecule has 0 fully saturated rings. The second-order valence-corrected chi connectivity index (χ2v) is 5.57. The number of nitrogens with one attached hydrogen (secondary N) is 1. The SMILES string of the molecule is CNc1nc(-c2ccc(Cl)s2)c(C(=O)O)s1. The van der Waals surface area contributed by atoms with E-state index < -0.39 is 5.97 Å². The lowest BCUT2D eigenvalue weighted by Gasteiger charge is -1.92. The van der Waals surface area contributed by atoms with Gasteiger partial charge in [-0.05, 0) is 12.1 Å². The standard InChI is InChI=1S/C9H7ClN2O2S2/c1-11-9-12-6(7(16-9)8(13)14)4-2-3-5(10)15-4/h2-3H,1H3,(H,11,12)(H,13,14). The minimum atomic E-state index is -0.974. The topological polar surface area (TPSA) is 62.2 Å². The van der Waals surface area contributed by atoms with Crippen molar-refractivity contribution in [1.82, 2.24) is 4.98 Å². The van der Waals surface area contributed by atoms with Crippen LogP contribution in [-0.4, -0.2) is 23.1 Å². The van der Waals surface area contributed by atoms with Crippen LogP contribution < -0.4 is 5.32 Å². The molecule has 84 valence electrons. The zero-order chi connectivity index (χ0) is 11.7. The van der Waals surface area contributed by atoms with Crippen molar-refractivity contribution in [2.75, 3.05) is 12.4 Å². The maximum atomic E-state index is 11.0. The number of carbonyl (C=O) groups is 1. The quantitative estimate of drug-likeness (QED) is 0.902. The number of carboxylic acids is 1. The summed E-state index contributed by atoms with van der Waals surface area (Å²) >= 11 is 8.24. The Morgan fingerprint density at radius 3 is 2.75 bits per heavy atom. The summed E-state index contributed by atoms with van der Waals surface area (Å²) < 4.78 is 0.616. The number of rotatable bonds is 3. The van der Waals surface area contributed by atoms with E-state index in [4.69, 9.17) is 16.7 Å². The number of aromatic nitrogens is 1. The van der Waals surface area contributed by atoms with Gasteiger partial charge in [-0.15, -0.1) is 11.3 Å². The van der Waals surface area contributed by atoms with E-state index >= 15 is 0 Å². The number of carboxylic acid groups (broad SMARTS) is 1. The average Bonchev–Trinajstić information content (AvgIpc) is 2.82. The molecular formula is C9H7ClN2O2S2. The van der Waals surface area contributed by atoms with Gasteiger partial charge in [0.2, 0.25) is 0 Å². The van der Waals surface area contributed by atoms with Gasteiger partial charge in [-0.1, -0.05) is 22.9 Å². The molecule has 0 amide bonds. The average molecular weight is 275 g/mol. The third-order valence-electron chi connectivity index (χ3n) is 1.84. The summed E-state index contributed by atoms with van der Waals surface area (Å²) in [6.45, 7) is 0. The van der Waals surface area contributed by atoms with Gasteiger partial charge in [-0.2, -0.15) is 0 Å². The Kier molecular flexibility index (Phi) is 3.13. The molecule has 0 atom stereocenters. The number of hydrogen-bond donors (Lipinski definition) is 2. The van der Waals surface area contributed by atoms with Gasteiger partial charge in [-0.25, -0.2) is 9.78 Å². The lowest BCUT2D eigenvalue weighted by Crippen LogP contribution is -1.94. The molecule has 0 saturated heterocycles. The molecule has 4 nitrogen and oxygen atoms in total. The monoisotopic (exact) mass is 274 g/mol. The summed E-state index contributed by atoms with van der Waals surface area (Å²) in [5.74, 6) is -0.974. The Morgan fingerprint density at radius 1 is 1.50 bits per heavy atom. The van der Waals surface area contributed by atoms with Crippen molar-refractivity contribution in [1.29, 1.82) is 0 Å². The van der Waals surface area contributed by atoms with E-state index in [2.05, 4.69) is 10.3 Å². The molecule has 0 radical (unpaired) electrons. The van der Waals surface area contributed by atoms with E-state index in [1.165, 1.54) is 11.3 Å². The van der Waals surface area contributed by atoms with Gasteiger partial charge in [-0.3, -0.25) is 0 Å². The van der Waals surface area contributed by atoms with Crippen molar-refractivity contribution in [2.24, 2.45) is 0 Å². The highest BCUT2D eigenvalue weighted by molar-refractivity contribution is 7.21. The highest BCUT2D eigenvalue weighted by atomic mass is 35.5. The van der Waals surface area contributed by atoms with Gasteiger partial charge >= 0.3 is 5.97 Å². The molecule has 2 aromatic heterocycles. The molecule has 2 aromatic rings. The second-order valence-electron chi connectivity index (χ2n) is 2.86. The molecule has 16 heavy (non-hydrogen) atoms. The van der Waals surface area contributed by atoms with Crippen LogP contribution in [0, 0.1) is 0 Å². The first-order valence-electron chi connectivity index (χ1n) is 4.29. The van der Waals surface area contributed by atoms with Crippen LogP contribution in [0.3, 0.4) is 0 Å². The Balaban J connectivity index is 2.54. The molecule has 0 bridgehead atoms. The van der Waals surface area contributed by atoms with E-state index in [1.54, 1.807) is 19.2 Å². The number of halogens is 1. The van der Waals surface area contributed by atoms with Crippen LogP contribution in [-0.2, 0) is 0 Å². The predicted octanol–water partition coefficient (Wildman–Crippen LogP) is 3.26. The van der Waals surface area contributed by atoms with Crippen molar-refractivity contribution in [3.63, 3.8) is 0 Å². The summed E-state index contributed by atoms with van der Waals surface area (Å²) in [5, 5.41) is 12.5. The van der Waals surface area contributed by atoms with E-state index in [0.717, 1.165) is 16.2 Å². The van der Waals surface area contributed by atoms with E-state index in [-0.39, 0.29) is 4.88 Å². The molecule has 0 aliphatic rings. The third kappa shape index (κ3) is 2.04. The van der Waals surface area contributed by atoms with Crippen LogP contribution in [0.4, 0.5) is 5.13 Å². The summed E-state index contributed by atoms with van der Waals surface area (Å²) in [5.41, 5.74) is 0.471. The lowest BCUT2D eigenvalue weighted by atomic mass is 10.3. The first-order chi connectivity index (χ1) is 7.61. The van der Waals surface area contributed by atoms with Crippen molar-refractivity contribution in [3.05, 3.63) is 21.3 Å². The number of hydrogen-bond acceptors (Lipinski definition) is 5. The number of nitrogens with zero attached hydrogens (tertiary/aromatic N) is 1. The first kappa shape index (κ1) is 11.4. The highest BCUT2D eigenvalue weighted by Crippen LogP contribution is 2.36. The van der Waals surface area contributed by atoms with Crippen molar-refractivity contribution in [2.45, 2.75) is 0 Å². The molecular weight excluding hydrogens is 268 g/mol. The fourth-order valence-electron chi connectivity index (χ4n) is 1.18. The van der Waals surface area contributed by atoms with Crippen molar-refractivity contribution < 1.29 is 9.90 Å². The first-order valence-corrected chi connectivity index (χ1v) is 6.30. The normalized spacial score (nSPS) is 10.4. The minimum absolute atomic E-state index is 0.225. The Hall–Kier alpha value is -1.11. The van der Waals surface area contributed by atoms with Crippen LogP contribution >= 0.6 is 34.3 Å². The van der Waals surface area contributed by atoms with Gasteiger partial charge in [0.1, 0.15) is 10.6 Å². The van der Waals surface area contributed by atoms with E-state index in [0.29, 0.717) is 15.2 Å². The zero-order valence-electron chi connectivity index (χ0n) is 8.15. The van der Waals surface area contributed by atoms with Crippen LogP contribution in [0.15, 0.2) is 12.1 Å². The summed E-state index contributed by atoms with van der Waals surface area (Å²) in [6, 6.07) is 3.50. The summed E-state index contributed by atoms with van der Waals surface area (Å²) in [6.07, 6.45) is 0. The number of thiazole rings is 1. The third-order valence-corrected chi connectivity index (χ3v) is 4.14. The molecule has 0 unspecified atom stereocenters. The Bertz CT molecular complexity index is 535. The lowest BCUT2D eigenvalue weighted by molar-refractivity contribution is 0.0703. The van der Waals surface area contributed by atoms with Crippen LogP contribution in [0.2, 0.25) is 4.34 Å². The van der Waals surface area contributed by atoms with Crippen molar-refractivity contribution >= 4 is 45.4 Å². The molecule has 2 rings (SSSR count). The van der Waals surface area contributed by atoms with Crippen LogP contribution in [0.5, 0.6) is 0 Å². The molecule has 0 spiro atoms. The van der Waals surface area contributed by atoms with Crippen LogP contribution in [0.1, 0.15) is 9.67 Å². The van der Waals surface area contributed by atoms with Gasteiger partial charge < -0.3 is 10.4 Å². The van der Waals surface area contributed by atoms with Gasteiger partial charge in [0.25, 0.3) is 0 Å². The van der Waals surface area contributed by atoms with E-state index in [9.17, 15) is 4.79 Å². The molecule has 0 aromatic carbocycles. The second kappa shape index (κ2) is 4.40. The zero-order valence-corrected chi connectivity index (χ0v) is 10.5. The van der Waals surface area contributed by atoms with Crippen molar-refractivity contribution in [3.8, 4) is 10.6 Å². The molecule has 7 heteroatoms. The van der Waals surface area contributed by atoms with Gasteiger partial charge in [0.05, 0.1) is 9.21 Å². The maximum Gasteiger partial charge on any atom is 0.348 e. The number of anilines is 1. The highest BCUT2D eigenvalue weighted by Gasteiger charge is 2.19. The summed E-state index contributed by atoms with van der Waals surface area (Å²) in [7, 11) is 1.70. The fraction of sp³-hybridized carbons (Fsp3) is 0.111. The Morgan fingerprint density at radius 2 is 2.25 bits per heavy atom. The summed E-state index contributed by atoms with van der Waals surface area (Å²) in [4.78, 5) is 16.2. The van der Waals surface area contributed by atoms with Crippen LogP contribution in [0.25, 0.3) is 10.6 Å². The Labute approximate surface area is 105 Å². The fourth-order valence-corrected chi connectivity index (χ4v) is 3.06. The van der Waals surface area contributed by atoms with Gasteiger partial charge in [0, 0.05) is 7.05 Å². The predicted molar refractivity (Wildman–Crippen MR) is 66.9 cm³/mol. The maximum absolute atomic E-state index is 11.0. The molecule has 0 aliphatic heterocycles. The molecule has 2 N–H and O–H groups in total. The van der Waals surface area contributed by atoms with E-state index in [1.807, 2.05) is 0 Å². The largest absolute Gasteiger partial charge is 0.477 e. The molecule has 0 aliphatic carbocycles. The van der Waals surface area contributed by atoms with Gasteiger partial charge in [0.15, 0.2) is 5.13 Å². The molecule has 0 saturated carbocycles. The number of aromatic carboxylic acids is 1. The molecule has 2 heterocycles. The number of thiophene rings is 1.